The van der Waals surface area contributed by atoms with Crippen LogP contribution in [0, 0.1) is 11.3 Å². The molecule has 0 unspecified atom stereocenters. The second-order valence-corrected chi connectivity index (χ2v) is 6.10. The molecule has 25 heavy (non-hydrogen) atoms. The summed E-state index contributed by atoms with van der Waals surface area (Å²) >= 11 is 1.31. The third-order valence-electron chi connectivity index (χ3n) is 3.74. The summed E-state index contributed by atoms with van der Waals surface area (Å²) in [5, 5.41) is 10.8. The van der Waals surface area contributed by atoms with Crippen LogP contribution < -0.4 is 9.64 Å². The van der Waals surface area contributed by atoms with E-state index in [2.05, 4.69) is 16.0 Å². The second-order valence-electron chi connectivity index (χ2n) is 5.18. The van der Waals surface area contributed by atoms with Gasteiger partial charge in [0.15, 0.2) is 0 Å². The van der Waals surface area contributed by atoms with Gasteiger partial charge < -0.3 is 14.5 Å². The van der Waals surface area contributed by atoms with E-state index in [0.29, 0.717) is 55.1 Å². The molecule has 0 radical (unpaired) electrons. The number of hydrogen-bond donors (Lipinski definition) is 0. The molecule has 1 fully saturated rings. The molecule has 1 aliphatic heterocycles. The molecule has 1 amide bonds. The molecule has 3 rings (SSSR count). The number of carbonyl (C=O) groups is 1. The first kappa shape index (κ1) is 19.0. The van der Waals surface area contributed by atoms with Crippen LogP contribution in [0.1, 0.15) is 22.2 Å². The molecule has 9 heteroatoms. The van der Waals surface area contributed by atoms with Crippen molar-refractivity contribution < 1.29 is 9.53 Å². The quantitative estimate of drug-likeness (QED) is 0.809. The highest BCUT2D eigenvalue weighted by Gasteiger charge is 2.25. The average molecular weight is 380 g/mol. The molecule has 2 aromatic rings. The fraction of sp³-hybridized carbons (Fsp3) is 0.375. The molecule has 0 atom stereocenters. The van der Waals surface area contributed by atoms with Gasteiger partial charge in [-0.15, -0.1) is 23.7 Å². The van der Waals surface area contributed by atoms with Crippen molar-refractivity contribution in [1.29, 1.82) is 5.26 Å². The van der Waals surface area contributed by atoms with Crippen molar-refractivity contribution in [3.05, 3.63) is 34.2 Å². The summed E-state index contributed by atoms with van der Waals surface area (Å²) in [5.41, 5.74) is 0.445. The third-order valence-corrected chi connectivity index (χ3v) is 4.64. The fourth-order valence-corrected chi connectivity index (χ4v) is 3.34. The van der Waals surface area contributed by atoms with Gasteiger partial charge in [0.2, 0.25) is 11.8 Å². The predicted molar refractivity (Wildman–Crippen MR) is 97.6 cm³/mol. The van der Waals surface area contributed by atoms with E-state index in [9.17, 15) is 4.79 Å². The predicted octanol–water partition coefficient (Wildman–Crippen LogP) is 2.19. The van der Waals surface area contributed by atoms with Crippen LogP contribution >= 0.6 is 23.7 Å². The Bertz CT molecular complexity index is 768. The zero-order chi connectivity index (χ0) is 16.9. The zero-order valence-electron chi connectivity index (χ0n) is 13.7. The Balaban J connectivity index is 0.00000225. The van der Waals surface area contributed by atoms with E-state index in [0.717, 1.165) is 0 Å². The van der Waals surface area contributed by atoms with Gasteiger partial charge in [0, 0.05) is 38.4 Å². The maximum absolute atomic E-state index is 12.5. The molecular weight excluding hydrogens is 362 g/mol. The number of amides is 1. The number of rotatable bonds is 4. The Morgan fingerprint density at radius 2 is 2.12 bits per heavy atom. The molecular formula is C16H18ClN5O2S. The average Bonchev–Trinajstić information content (AvgIpc) is 3.10. The van der Waals surface area contributed by atoms with Crippen molar-refractivity contribution >= 4 is 35.6 Å². The van der Waals surface area contributed by atoms with E-state index in [1.807, 2.05) is 11.8 Å². The number of nitrogens with zero attached hydrogens (tertiary/aromatic N) is 5. The maximum atomic E-state index is 12.5. The number of halogens is 1. The molecule has 7 nitrogen and oxygen atoms in total. The number of anilines is 1. The van der Waals surface area contributed by atoms with E-state index >= 15 is 0 Å². The number of nitriles is 1. The Morgan fingerprint density at radius 3 is 2.80 bits per heavy atom. The Labute approximate surface area is 156 Å². The monoisotopic (exact) mass is 379 g/mol. The molecule has 0 N–H and O–H groups in total. The Kier molecular flexibility index (Phi) is 6.56. The first-order valence-corrected chi connectivity index (χ1v) is 8.58. The third kappa shape index (κ3) is 4.18. The smallest absolute Gasteiger partial charge is 0.265 e. The molecule has 1 saturated heterocycles. The number of carbonyl (C=O) groups excluding carboxylic acids is 1. The van der Waals surface area contributed by atoms with Crippen LogP contribution in [-0.2, 0) is 0 Å². The van der Waals surface area contributed by atoms with Gasteiger partial charge in [0.25, 0.3) is 5.91 Å². The molecule has 0 saturated carbocycles. The van der Waals surface area contributed by atoms with Gasteiger partial charge in [0.05, 0.1) is 12.2 Å². The number of aromatic nitrogens is 2. The summed E-state index contributed by atoms with van der Waals surface area (Å²) in [6.45, 7) is 4.91. The minimum Gasteiger partial charge on any atom is -0.478 e. The molecule has 132 valence electrons. The van der Waals surface area contributed by atoms with Crippen molar-refractivity contribution in [2.45, 2.75) is 6.92 Å². The number of thiophene rings is 1. The van der Waals surface area contributed by atoms with Crippen molar-refractivity contribution in [1.82, 2.24) is 14.9 Å². The second kappa shape index (κ2) is 8.65. The maximum Gasteiger partial charge on any atom is 0.265 e. The molecule has 3 heterocycles. The van der Waals surface area contributed by atoms with Crippen LogP contribution in [-0.4, -0.2) is 53.6 Å². The SMILES string of the molecule is CCOc1ccnc(N2CCN(C(=O)c3sccc3C#N)CC2)n1.Cl. The summed E-state index contributed by atoms with van der Waals surface area (Å²) < 4.78 is 5.40. The molecule has 2 aromatic heterocycles. The van der Waals surface area contributed by atoms with Gasteiger partial charge in [-0.3, -0.25) is 4.79 Å². The van der Waals surface area contributed by atoms with Crippen LogP contribution in [0.5, 0.6) is 5.88 Å². The van der Waals surface area contributed by atoms with Crippen molar-refractivity contribution in [2.24, 2.45) is 0 Å². The fourth-order valence-electron chi connectivity index (χ4n) is 2.53. The lowest BCUT2D eigenvalue weighted by molar-refractivity contribution is 0.0750. The van der Waals surface area contributed by atoms with Crippen LogP contribution in [0.25, 0.3) is 0 Å². The number of ether oxygens (including phenoxy) is 1. The summed E-state index contributed by atoms with van der Waals surface area (Å²) in [6, 6.07) is 5.48. The van der Waals surface area contributed by atoms with Gasteiger partial charge in [0.1, 0.15) is 10.9 Å². The lowest BCUT2D eigenvalue weighted by Crippen LogP contribution is -2.49. The topological polar surface area (TPSA) is 82.4 Å². The van der Waals surface area contributed by atoms with Crippen molar-refractivity contribution in [2.75, 3.05) is 37.7 Å². The lowest BCUT2D eigenvalue weighted by Gasteiger charge is -2.34. The van der Waals surface area contributed by atoms with E-state index in [-0.39, 0.29) is 18.3 Å². The van der Waals surface area contributed by atoms with Gasteiger partial charge in [-0.2, -0.15) is 10.2 Å². The summed E-state index contributed by atoms with van der Waals surface area (Å²) in [5.74, 6) is 1.09. The minimum absolute atomic E-state index is 0. The molecule has 0 aliphatic carbocycles. The molecule has 1 aliphatic rings. The first-order valence-electron chi connectivity index (χ1n) is 7.70. The Morgan fingerprint density at radius 1 is 1.36 bits per heavy atom. The standard InChI is InChI=1S/C16H17N5O2S.ClH/c1-2-23-13-3-5-18-16(19-13)21-8-6-20(7-9-21)15(22)14-12(11-17)4-10-24-14;/h3-5,10H,2,6-9H2,1H3;1H. The van der Waals surface area contributed by atoms with Crippen molar-refractivity contribution in [3.8, 4) is 11.9 Å². The summed E-state index contributed by atoms with van der Waals surface area (Å²) in [4.78, 5) is 25.5. The summed E-state index contributed by atoms with van der Waals surface area (Å²) in [7, 11) is 0. The molecule has 0 spiro atoms. The van der Waals surface area contributed by atoms with E-state index in [4.69, 9.17) is 10.00 Å². The van der Waals surface area contributed by atoms with Gasteiger partial charge in [-0.1, -0.05) is 0 Å². The highest BCUT2D eigenvalue weighted by Crippen LogP contribution is 2.20. The number of hydrogen-bond acceptors (Lipinski definition) is 7. The van der Waals surface area contributed by atoms with Gasteiger partial charge in [-0.05, 0) is 18.4 Å². The number of piperazine rings is 1. The molecule has 0 bridgehead atoms. The normalized spacial score (nSPS) is 13.8. The highest BCUT2D eigenvalue weighted by atomic mass is 35.5. The van der Waals surface area contributed by atoms with E-state index in [1.54, 1.807) is 28.6 Å². The minimum atomic E-state index is -0.0785. The van der Waals surface area contributed by atoms with Crippen LogP contribution in [0.3, 0.4) is 0 Å². The van der Waals surface area contributed by atoms with Crippen LogP contribution in [0.4, 0.5) is 5.95 Å². The van der Waals surface area contributed by atoms with Gasteiger partial charge >= 0.3 is 0 Å². The largest absolute Gasteiger partial charge is 0.478 e. The van der Waals surface area contributed by atoms with Crippen LogP contribution in [0.15, 0.2) is 23.7 Å². The van der Waals surface area contributed by atoms with E-state index < -0.39 is 0 Å². The highest BCUT2D eigenvalue weighted by molar-refractivity contribution is 7.12. The Hall–Kier alpha value is -2.37. The van der Waals surface area contributed by atoms with E-state index in [1.165, 1.54) is 11.3 Å². The molecule has 0 aromatic carbocycles. The first-order chi connectivity index (χ1) is 11.7. The van der Waals surface area contributed by atoms with Gasteiger partial charge in [-0.25, -0.2) is 4.98 Å². The van der Waals surface area contributed by atoms with Crippen molar-refractivity contribution in [3.63, 3.8) is 0 Å². The zero-order valence-corrected chi connectivity index (χ0v) is 15.3. The lowest BCUT2D eigenvalue weighted by atomic mass is 10.2. The van der Waals surface area contributed by atoms with Crippen LogP contribution in [0.2, 0.25) is 0 Å². The summed E-state index contributed by atoms with van der Waals surface area (Å²) in [6.07, 6.45) is 1.68.